The monoisotopic (exact) mass is 681 g/mol. The molecule has 16 heteroatoms. The summed E-state index contributed by atoms with van der Waals surface area (Å²) in [5.41, 5.74) is -6.48. The number of carboxylic acid groups (broad SMARTS) is 1. The van der Waals surface area contributed by atoms with E-state index in [4.69, 9.17) is 46.4 Å². The third-order valence-electron chi connectivity index (χ3n) is 7.33. The quantitative estimate of drug-likeness (QED) is 0.213. The predicted molar refractivity (Wildman–Crippen MR) is 149 cm³/mol. The van der Waals surface area contributed by atoms with Gasteiger partial charge < -0.3 is 15.7 Å². The first-order chi connectivity index (χ1) is 20.0. The lowest BCUT2D eigenvalue weighted by Crippen LogP contribution is -2.53. The molecule has 2 aliphatic rings. The molecule has 3 aromatic carbocycles. The largest absolute Gasteiger partial charge is 0.481 e. The van der Waals surface area contributed by atoms with Crippen molar-refractivity contribution in [2.24, 2.45) is 11.8 Å². The highest BCUT2D eigenvalue weighted by atomic mass is 35.5. The topological polar surface area (TPSA) is 108 Å². The molecule has 2 amide bonds. The van der Waals surface area contributed by atoms with Crippen LogP contribution in [-0.2, 0) is 32.0 Å². The molecule has 5 rings (SSSR count). The van der Waals surface area contributed by atoms with E-state index >= 15 is 8.78 Å². The fraction of sp³-hybridized carbons (Fsp3) is 0.222. The first-order valence-corrected chi connectivity index (χ1v) is 13.6. The number of anilines is 2. The Bertz CT molecular complexity index is 1670. The first-order valence-electron chi connectivity index (χ1n) is 12.1. The van der Waals surface area contributed by atoms with Crippen LogP contribution in [0.2, 0.25) is 20.1 Å². The Hall–Kier alpha value is -3.16. The molecule has 0 aliphatic carbocycles. The van der Waals surface area contributed by atoms with Crippen LogP contribution < -0.4 is 16.0 Å². The molecule has 0 bridgehead atoms. The van der Waals surface area contributed by atoms with E-state index in [-0.39, 0.29) is 37.0 Å². The molecular weight excluding hydrogens is 667 g/mol. The number of nitrogens with one attached hydrogen (secondary N) is 3. The second kappa shape index (κ2) is 10.8. The fourth-order valence-electron chi connectivity index (χ4n) is 5.68. The molecule has 1 fully saturated rings. The van der Waals surface area contributed by atoms with Crippen molar-refractivity contribution in [2.75, 3.05) is 10.6 Å². The van der Waals surface area contributed by atoms with Gasteiger partial charge in [-0.3, -0.25) is 19.7 Å². The zero-order chi connectivity index (χ0) is 31.6. The van der Waals surface area contributed by atoms with Gasteiger partial charge in [0.15, 0.2) is 0 Å². The zero-order valence-corrected chi connectivity index (χ0v) is 24.0. The molecule has 43 heavy (non-hydrogen) atoms. The third kappa shape index (κ3) is 5.18. The van der Waals surface area contributed by atoms with Gasteiger partial charge in [0, 0.05) is 31.9 Å². The molecule has 1 spiro atoms. The van der Waals surface area contributed by atoms with Crippen molar-refractivity contribution in [3.63, 3.8) is 0 Å². The highest BCUT2D eigenvalue weighted by Crippen LogP contribution is 2.56. The summed E-state index contributed by atoms with van der Waals surface area (Å²) in [6, 6.07) is 6.01. The minimum absolute atomic E-state index is 0.0213. The number of hydrogen-bond acceptors (Lipinski definition) is 4. The van der Waals surface area contributed by atoms with E-state index in [2.05, 4.69) is 16.0 Å². The first kappa shape index (κ1) is 31.3. The van der Waals surface area contributed by atoms with Crippen LogP contribution in [0.1, 0.15) is 16.7 Å². The number of amides is 2. The number of carbonyl (C=O) groups is 3. The van der Waals surface area contributed by atoms with Crippen LogP contribution in [-0.4, -0.2) is 28.9 Å². The second-order valence-corrected chi connectivity index (χ2v) is 11.6. The summed E-state index contributed by atoms with van der Waals surface area (Å²) in [5, 5.41) is 17.0. The number of carbonyl (C=O) groups excluding carboxylic acids is 2. The maximum Gasteiger partial charge on any atom is 0.416 e. The van der Waals surface area contributed by atoms with Crippen LogP contribution in [0.4, 0.5) is 33.3 Å². The molecule has 4 atom stereocenters. The Morgan fingerprint density at radius 3 is 2.05 bits per heavy atom. The Morgan fingerprint density at radius 2 is 1.47 bits per heavy atom. The van der Waals surface area contributed by atoms with E-state index in [9.17, 15) is 32.7 Å². The third-order valence-corrected chi connectivity index (χ3v) is 8.28. The summed E-state index contributed by atoms with van der Waals surface area (Å²) in [7, 11) is 0. The van der Waals surface area contributed by atoms with Crippen LogP contribution >= 0.6 is 46.4 Å². The number of fused-ring (bicyclic) bond motifs is 2. The van der Waals surface area contributed by atoms with E-state index in [1.165, 1.54) is 24.3 Å². The van der Waals surface area contributed by atoms with Crippen molar-refractivity contribution in [3.05, 3.63) is 91.4 Å². The Labute approximate surface area is 259 Å². The van der Waals surface area contributed by atoms with Gasteiger partial charge in [-0.15, -0.1) is 0 Å². The summed E-state index contributed by atoms with van der Waals surface area (Å²) >= 11 is 24.3. The highest BCUT2D eigenvalue weighted by Gasteiger charge is 2.71. The summed E-state index contributed by atoms with van der Waals surface area (Å²) < 4.78 is 74.7. The van der Waals surface area contributed by atoms with E-state index in [0.717, 1.165) is 18.2 Å². The van der Waals surface area contributed by atoms with Crippen molar-refractivity contribution in [3.8, 4) is 0 Å². The molecule has 226 valence electrons. The van der Waals surface area contributed by atoms with Crippen LogP contribution in [0.5, 0.6) is 0 Å². The van der Waals surface area contributed by atoms with Crippen LogP contribution in [0.25, 0.3) is 0 Å². The minimum atomic E-state index is -5.25. The van der Waals surface area contributed by atoms with Gasteiger partial charge in [-0.25, -0.2) is 0 Å². The number of benzene rings is 3. The summed E-state index contributed by atoms with van der Waals surface area (Å²) in [5.74, 6) is -13.7. The van der Waals surface area contributed by atoms with E-state index in [1.807, 2.05) is 0 Å². The summed E-state index contributed by atoms with van der Waals surface area (Å²) in [6.45, 7) is 0. The van der Waals surface area contributed by atoms with Crippen molar-refractivity contribution in [1.29, 1.82) is 0 Å². The van der Waals surface area contributed by atoms with E-state index in [1.54, 1.807) is 0 Å². The van der Waals surface area contributed by atoms with E-state index < -0.39 is 64.4 Å². The predicted octanol–water partition coefficient (Wildman–Crippen LogP) is 7.19. The van der Waals surface area contributed by atoms with Crippen molar-refractivity contribution < 1.29 is 41.4 Å². The molecule has 7 nitrogen and oxygen atoms in total. The van der Waals surface area contributed by atoms with Gasteiger partial charge in [-0.05, 0) is 36.4 Å². The normalized spacial score (nSPS) is 23.3. The summed E-state index contributed by atoms with van der Waals surface area (Å²) in [4.78, 5) is 40.2. The Kier molecular flexibility index (Phi) is 7.84. The number of carboxylic acids is 1. The number of rotatable bonds is 5. The van der Waals surface area contributed by atoms with Crippen molar-refractivity contribution in [1.82, 2.24) is 5.32 Å². The maximum absolute atomic E-state index is 16.5. The molecule has 0 radical (unpaired) electrons. The van der Waals surface area contributed by atoms with Gasteiger partial charge in [-0.2, -0.15) is 22.0 Å². The average molecular weight is 683 g/mol. The SMILES string of the molecule is O=C(Nc1cc(Cl)cc(Cl)c1)C1C(C(F)(F)c2ccccc2C(F)(F)F)NC2(C(=O)Nc3c(Cl)cc(Cl)cc32)C1C(=O)O. The van der Waals surface area contributed by atoms with Gasteiger partial charge >= 0.3 is 12.1 Å². The zero-order valence-electron chi connectivity index (χ0n) is 21.0. The highest BCUT2D eigenvalue weighted by molar-refractivity contribution is 6.38. The number of halogens is 9. The van der Waals surface area contributed by atoms with Crippen LogP contribution in [0, 0.1) is 11.8 Å². The number of hydrogen-bond donors (Lipinski definition) is 4. The second-order valence-electron chi connectivity index (χ2n) is 9.85. The smallest absolute Gasteiger partial charge is 0.416 e. The number of alkyl halides is 5. The lowest BCUT2D eigenvalue weighted by molar-refractivity contribution is -0.151. The molecule has 4 N–H and O–H groups in total. The average Bonchev–Trinajstić information content (AvgIpc) is 3.40. The van der Waals surface area contributed by atoms with Gasteiger partial charge in [-0.1, -0.05) is 64.6 Å². The molecule has 0 saturated carbocycles. The Balaban J connectivity index is 1.75. The van der Waals surface area contributed by atoms with Gasteiger partial charge in [0.2, 0.25) is 11.8 Å². The van der Waals surface area contributed by atoms with Crippen LogP contribution in [0.15, 0.2) is 54.6 Å². The molecule has 2 aliphatic heterocycles. The van der Waals surface area contributed by atoms with Crippen molar-refractivity contribution >= 4 is 75.6 Å². The summed E-state index contributed by atoms with van der Waals surface area (Å²) in [6.07, 6.45) is -5.25. The van der Waals surface area contributed by atoms with Crippen molar-refractivity contribution in [2.45, 2.75) is 23.7 Å². The lowest BCUT2D eigenvalue weighted by atomic mass is 9.74. The molecule has 2 heterocycles. The molecule has 4 unspecified atom stereocenters. The lowest BCUT2D eigenvalue weighted by Gasteiger charge is -2.31. The van der Waals surface area contributed by atoms with Gasteiger partial charge in [0.25, 0.3) is 5.92 Å². The standard InChI is InChI=1S/C27H16Cl4F5N3O4/c28-10-5-11(29)7-13(6-10)37-22(40)18-19(23(41)42)25(16-8-12(30)9-17(31)20(16)38-24(25)43)39-21(18)26(32,33)14-3-1-2-4-15(14)27(34,35)36/h1-9,18-19,21,39H,(H,37,40)(H,38,43)(H,41,42). The van der Waals surface area contributed by atoms with Gasteiger partial charge in [0.1, 0.15) is 11.5 Å². The van der Waals surface area contributed by atoms with Gasteiger partial charge in [0.05, 0.1) is 28.2 Å². The Morgan fingerprint density at radius 1 is 0.884 bits per heavy atom. The fourth-order valence-corrected chi connectivity index (χ4v) is 6.75. The maximum atomic E-state index is 16.5. The molecule has 0 aromatic heterocycles. The minimum Gasteiger partial charge on any atom is -0.481 e. The van der Waals surface area contributed by atoms with Crippen LogP contribution in [0.3, 0.4) is 0 Å². The van der Waals surface area contributed by atoms with E-state index in [0.29, 0.717) is 12.1 Å². The molecular formula is C27H16Cl4F5N3O4. The molecule has 1 saturated heterocycles. The molecule has 3 aromatic rings. The number of aliphatic carboxylic acids is 1.